The molecule has 0 spiro atoms. The van der Waals surface area contributed by atoms with Gasteiger partial charge in [-0.05, 0) is 17.7 Å². The standard InChI is InChI=1S/C13H12N4O/c18-13(15-8-9-5-6-14-7-9)12-10-3-1-2-4-11(10)16-17-12/h1-7,14H,8H2,(H,15,18)(H,16,17). The molecule has 2 heterocycles. The van der Waals surface area contributed by atoms with Gasteiger partial charge in [-0.2, -0.15) is 5.10 Å². The molecule has 3 aromatic rings. The lowest BCUT2D eigenvalue weighted by Crippen LogP contribution is -2.23. The van der Waals surface area contributed by atoms with Gasteiger partial charge in [0.05, 0.1) is 5.52 Å². The highest BCUT2D eigenvalue weighted by Crippen LogP contribution is 2.14. The van der Waals surface area contributed by atoms with E-state index in [2.05, 4.69) is 20.5 Å². The SMILES string of the molecule is O=C(NCc1cc[nH]c1)c1n[nH]c2ccccc12. The number of hydrogen-bond donors (Lipinski definition) is 3. The molecule has 90 valence electrons. The number of rotatable bonds is 3. The van der Waals surface area contributed by atoms with Gasteiger partial charge in [0, 0.05) is 24.3 Å². The summed E-state index contributed by atoms with van der Waals surface area (Å²) in [5.41, 5.74) is 2.33. The average Bonchev–Trinajstić information content (AvgIpc) is 3.05. The first-order valence-corrected chi connectivity index (χ1v) is 5.67. The van der Waals surface area contributed by atoms with Crippen molar-refractivity contribution in [2.45, 2.75) is 6.54 Å². The Morgan fingerprint density at radius 2 is 2.17 bits per heavy atom. The quantitative estimate of drug-likeness (QED) is 0.653. The van der Waals surface area contributed by atoms with Crippen molar-refractivity contribution in [2.24, 2.45) is 0 Å². The molecule has 0 fully saturated rings. The van der Waals surface area contributed by atoms with Crippen molar-refractivity contribution in [2.75, 3.05) is 0 Å². The van der Waals surface area contributed by atoms with E-state index in [-0.39, 0.29) is 5.91 Å². The summed E-state index contributed by atoms with van der Waals surface area (Å²) in [7, 11) is 0. The maximum atomic E-state index is 12.0. The monoisotopic (exact) mass is 240 g/mol. The summed E-state index contributed by atoms with van der Waals surface area (Å²) in [6, 6.07) is 9.49. The minimum atomic E-state index is -0.173. The van der Waals surface area contributed by atoms with E-state index in [9.17, 15) is 4.79 Å². The van der Waals surface area contributed by atoms with E-state index < -0.39 is 0 Å². The Bertz CT molecular complexity index is 669. The molecule has 0 radical (unpaired) electrons. The van der Waals surface area contributed by atoms with E-state index in [0.717, 1.165) is 16.5 Å². The van der Waals surface area contributed by atoms with Crippen LogP contribution in [0.2, 0.25) is 0 Å². The first-order valence-electron chi connectivity index (χ1n) is 5.67. The smallest absolute Gasteiger partial charge is 0.272 e. The number of aromatic nitrogens is 3. The molecule has 18 heavy (non-hydrogen) atoms. The summed E-state index contributed by atoms with van der Waals surface area (Å²) in [5, 5.41) is 10.6. The Morgan fingerprint density at radius 1 is 1.28 bits per heavy atom. The number of fused-ring (bicyclic) bond motifs is 1. The van der Waals surface area contributed by atoms with Crippen LogP contribution in [0.25, 0.3) is 10.9 Å². The lowest BCUT2D eigenvalue weighted by molar-refractivity contribution is 0.0947. The number of benzene rings is 1. The lowest BCUT2D eigenvalue weighted by Gasteiger charge is -2.01. The second-order valence-electron chi connectivity index (χ2n) is 4.02. The van der Waals surface area contributed by atoms with Crippen LogP contribution in [0.15, 0.2) is 42.7 Å². The molecule has 0 unspecified atom stereocenters. The summed E-state index contributed by atoms with van der Waals surface area (Å²) in [5.74, 6) is -0.173. The van der Waals surface area contributed by atoms with Crippen molar-refractivity contribution >= 4 is 16.8 Å². The summed E-state index contributed by atoms with van der Waals surface area (Å²) < 4.78 is 0. The fraction of sp³-hybridized carbons (Fsp3) is 0.0769. The molecule has 0 saturated carbocycles. The molecule has 5 heteroatoms. The minimum Gasteiger partial charge on any atom is -0.367 e. The van der Waals surface area contributed by atoms with Crippen molar-refractivity contribution in [3.05, 3.63) is 54.0 Å². The van der Waals surface area contributed by atoms with Crippen LogP contribution in [0.5, 0.6) is 0 Å². The topological polar surface area (TPSA) is 73.6 Å². The summed E-state index contributed by atoms with van der Waals surface area (Å²) in [6.07, 6.45) is 3.67. The number of carbonyl (C=O) groups excluding carboxylic acids is 1. The molecule has 0 saturated heterocycles. The normalized spacial score (nSPS) is 10.7. The predicted octanol–water partition coefficient (Wildman–Crippen LogP) is 1.82. The van der Waals surface area contributed by atoms with Gasteiger partial charge >= 0.3 is 0 Å². The molecule has 2 aromatic heterocycles. The average molecular weight is 240 g/mol. The summed E-state index contributed by atoms with van der Waals surface area (Å²) in [6.45, 7) is 0.490. The van der Waals surface area contributed by atoms with Gasteiger partial charge in [0.25, 0.3) is 5.91 Å². The van der Waals surface area contributed by atoms with Gasteiger partial charge in [0.1, 0.15) is 0 Å². The van der Waals surface area contributed by atoms with Crippen LogP contribution in [0, 0.1) is 0 Å². The van der Waals surface area contributed by atoms with Gasteiger partial charge in [-0.15, -0.1) is 0 Å². The number of amides is 1. The van der Waals surface area contributed by atoms with E-state index in [4.69, 9.17) is 0 Å². The Labute approximate surface area is 103 Å². The molecule has 3 N–H and O–H groups in total. The van der Waals surface area contributed by atoms with Gasteiger partial charge < -0.3 is 10.3 Å². The van der Waals surface area contributed by atoms with Crippen molar-refractivity contribution in [1.29, 1.82) is 0 Å². The third kappa shape index (κ3) is 1.86. The Morgan fingerprint density at radius 3 is 3.00 bits per heavy atom. The number of aromatic amines is 2. The maximum absolute atomic E-state index is 12.0. The van der Waals surface area contributed by atoms with Crippen LogP contribution in [0.3, 0.4) is 0 Å². The van der Waals surface area contributed by atoms with Crippen LogP contribution in [-0.4, -0.2) is 21.1 Å². The third-order valence-electron chi connectivity index (χ3n) is 2.80. The molecule has 1 aromatic carbocycles. The zero-order chi connectivity index (χ0) is 12.4. The van der Waals surface area contributed by atoms with Crippen molar-refractivity contribution in [1.82, 2.24) is 20.5 Å². The first-order chi connectivity index (χ1) is 8.84. The Hall–Kier alpha value is -2.56. The maximum Gasteiger partial charge on any atom is 0.272 e. The number of nitrogens with one attached hydrogen (secondary N) is 3. The molecule has 0 aliphatic heterocycles. The van der Waals surface area contributed by atoms with E-state index in [1.807, 2.05) is 42.7 Å². The van der Waals surface area contributed by atoms with E-state index in [1.54, 1.807) is 0 Å². The second kappa shape index (κ2) is 4.37. The van der Waals surface area contributed by atoms with Gasteiger partial charge in [-0.1, -0.05) is 18.2 Å². The summed E-state index contributed by atoms with van der Waals surface area (Å²) in [4.78, 5) is 15.0. The largest absolute Gasteiger partial charge is 0.367 e. The molecule has 0 atom stereocenters. The number of carbonyl (C=O) groups is 1. The minimum absolute atomic E-state index is 0.173. The van der Waals surface area contributed by atoms with Crippen LogP contribution < -0.4 is 5.32 Å². The summed E-state index contributed by atoms with van der Waals surface area (Å²) >= 11 is 0. The lowest BCUT2D eigenvalue weighted by atomic mass is 10.2. The molecule has 0 aliphatic carbocycles. The Kier molecular flexibility index (Phi) is 2.57. The number of nitrogens with zero attached hydrogens (tertiary/aromatic N) is 1. The Balaban J connectivity index is 1.80. The first kappa shape index (κ1) is 10.6. The van der Waals surface area contributed by atoms with Crippen LogP contribution in [0.1, 0.15) is 16.1 Å². The molecule has 1 amide bonds. The number of H-pyrrole nitrogens is 2. The fourth-order valence-electron chi connectivity index (χ4n) is 1.87. The highest BCUT2D eigenvalue weighted by molar-refractivity contribution is 6.04. The zero-order valence-electron chi connectivity index (χ0n) is 9.60. The third-order valence-corrected chi connectivity index (χ3v) is 2.80. The zero-order valence-corrected chi connectivity index (χ0v) is 9.60. The molecule has 5 nitrogen and oxygen atoms in total. The van der Waals surface area contributed by atoms with Gasteiger partial charge in [0.2, 0.25) is 0 Å². The van der Waals surface area contributed by atoms with Crippen molar-refractivity contribution in [3.8, 4) is 0 Å². The van der Waals surface area contributed by atoms with Crippen LogP contribution in [-0.2, 0) is 6.54 Å². The second-order valence-corrected chi connectivity index (χ2v) is 4.02. The number of para-hydroxylation sites is 1. The van der Waals surface area contributed by atoms with E-state index >= 15 is 0 Å². The van der Waals surface area contributed by atoms with Gasteiger partial charge in [-0.25, -0.2) is 0 Å². The van der Waals surface area contributed by atoms with Crippen molar-refractivity contribution < 1.29 is 4.79 Å². The van der Waals surface area contributed by atoms with Crippen LogP contribution >= 0.6 is 0 Å². The predicted molar refractivity (Wildman–Crippen MR) is 68.1 cm³/mol. The molecular formula is C13H12N4O. The van der Waals surface area contributed by atoms with E-state index in [1.165, 1.54) is 0 Å². The molecule has 3 rings (SSSR count). The highest BCUT2D eigenvalue weighted by atomic mass is 16.1. The number of hydrogen-bond acceptors (Lipinski definition) is 2. The van der Waals surface area contributed by atoms with E-state index in [0.29, 0.717) is 12.2 Å². The van der Waals surface area contributed by atoms with Gasteiger partial charge in [0.15, 0.2) is 5.69 Å². The molecular weight excluding hydrogens is 228 g/mol. The van der Waals surface area contributed by atoms with Crippen molar-refractivity contribution in [3.63, 3.8) is 0 Å². The van der Waals surface area contributed by atoms with Crippen LogP contribution in [0.4, 0.5) is 0 Å². The van der Waals surface area contributed by atoms with Gasteiger partial charge in [-0.3, -0.25) is 9.89 Å². The molecule has 0 aliphatic rings. The fourth-order valence-corrected chi connectivity index (χ4v) is 1.87. The highest BCUT2D eigenvalue weighted by Gasteiger charge is 2.12. The molecule has 0 bridgehead atoms.